The molecule has 0 amide bonds. The molecule has 1 aliphatic carbocycles. The predicted molar refractivity (Wildman–Crippen MR) is 102 cm³/mol. The lowest BCUT2D eigenvalue weighted by molar-refractivity contribution is 0.225. The number of aliphatic hydroxyl groups excluding tert-OH is 1. The van der Waals surface area contributed by atoms with E-state index < -0.39 is 0 Å². The van der Waals surface area contributed by atoms with E-state index in [-0.39, 0.29) is 0 Å². The van der Waals surface area contributed by atoms with Crippen molar-refractivity contribution >= 4 is 12.0 Å². The van der Waals surface area contributed by atoms with Gasteiger partial charge in [0.15, 0.2) is 0 Å². The Morgan fingerprint density at radius 2 is 2.12 bits per heavy atom. The number of hydrogen-bond acceptors (Lipinski definition) is 5. The number of nitrogens with zero attached hydrogens (tertiary/aromatic N) is 3. The molecule has 0 saturated heterocycles. The molecule has 0 spiro atoms. The smallest absolute Gasteiger partial charge is 0.223 e. The van der Waals surface area contributed by atoms with Crippen molar-refractivity contribution in [3.05, 3.63) is 41.4 Å². The molecule has 0 radical (unpaired) electrons. The number of hydrogen-bond donors (Lipinski definition) is 3. The Kier molecular flexibility index (Phi) is 5.11. The number of aromatic amines is 1. The fourth-order valence-corrected chi connectivity index (χ4v) is 3.86. The number of nitrogens with one attached hydrogen (secondary N) is 2. The molecule has 6 heteroatoms. The number of allylic oxidation sites excluding steroid dienone is 1. The van der Waals surface area contributed by atoms with Crippen LogP contribution < -0.4 is 16.0 Å². The number of rotatable bonds is 5. The first-order valence-corrected chi connectivity index (χ1v) is 9.44. The van der Waals surface area contributed by atoms with Crippen molar-refractivity contribution in [1.82, 2.24) is 15.0 Å². The van der Waals surface area contributed by atoms with Gasteiger partial charge in [-0.2, -0.15) is 0 Å². The highest BCUT2D eigenvalue weighted by atomic mass is 16.3. The molecule has 1 fully saturated rings. The van der Waals surface area contributed by atoms with Crippen LogP contribution in [-0.4, -0.2) is 32.7 Å². The minimum Gasteiger partial charge on any atom is -0.396 e. The van der Waals surface area contributed by atoms with E-state index in [1.165, 1.54) is 0 Å². The lowest BCUT2D eigenvalue weighted by Crippen LogP contribution is -2.27. The molecule has 2 aliphatic rings. The van der Waals surface area contributed by atoms with Crippen molar-refractivity contribution < 1.29 is 5.11 Å². The van der Waals surface area contributed by atoms with Gasteiger partial charge in [0.05, 0.1) is 5.69 Å². The molecule has 0 aromatic carbocycles. The Balaban J connectivity index is 1.50. The number of aliphatic hydroxyl groups is 1. The fraction of sp³-hybridized carbons (Fsp3) is 0.450. The molecule has 136 valence electrons. The van der Waals surface area contributed by atoms with Crippen molar-refractivity contribution in [3.8, 4) is 11.3 Å². The van der Waals surface area contributed by atoms with Gasteiger partial charge in [-0.05, 0) is 50.5 Å². The molecule has 0 bridgehead atoms. The minimum atomic E-state index is 0.299. The van der Waals surface area contributed by atoms with E-state index in [1.54, 1.807) is 0 Å². The van der Waals surface area contributed by atoms with E-state index >= 15 is 0 Å². The van der Waals surface area contributed by atoms with Crippen LogP contribution in [0.4, 0.5) is 5.95 Å². The molecule has 6 nitrogen and oxygen atoms in total. The third-order valence-electron chi connectivity index (χ3n) is 5.31. The second kappa shape index (κ2) is 7.83. The van der Waals surface area contributed by atoms with Crippen LogP contribution in [0, 0.1) is 5.92 Å². The first kappa shape index (κ1) is 17.0. The van der Waals surface area contributed by atoms with Gasteiger partial charge in [-0.1, -0.05) is 12.2 Å². The normalized spacial score (nSPS) is 22.0. The van der Waals surface area contributed by atoms with Gasteiger partial charge in [0, 0.05) is 42.0 Å². The van der Waals surface area contributed by atoms with Crippen molar-refractivity contribution in [2.24, 2.45) is 10.9 Å². The summed E-state index contributed by atoms with van der Waals surface area (Å²) in [5.74, 6) is 1.35. The highest BCUT2D eigenvalue weighted by molar-refractivity contribution is 5.61. The average molecular weight is 351 g/mol. The lowest BCUT2D eigenvalue weighted by atomic mass is 9.84. The van der Waals surface area contributed by atoms with Gasteiger partial charge in [-0.15, -0.1) is 0 Å². The summed E-state index contributed by atoms with van der Waals surface area (Å²) in [6.07, 6.45) is 16.2. The zero-order valence-corrected chi connectivity index (χ0v) is 14.9. The Morgan fingerprint density at radius 1 is 1.23 bits per heavy atom. The number of anilines is 1. The van der Waals surface area contributed by atoms with E-state index in [2.05, 4.69) is 26.4 Å². The molecule has 2 aromatic rings. The fourth-order valence-electron chi connectivity index (χ4n) is 3.86. The van der Waals surface area contributed by atoms with Gasteiger partial charge in [-0.3, -0.25) is 0 Å². The molecule has 2 aromatic heterocycles. The van der Waals surface area contributed by atoms with Crippen LogP contribution in [0.2, 0.25) is 0 Å². The second-order valence-corrected chi connectivity index (χ2v) is 7.06. The maximum Gasteiger partial charge on any atom is 0.223 e. The zero-order valence-electron chi connectivity index (χ0n) is 14.9. The Bertz CT molecular complexity index is 893. The lowest BCUT2D eigenvalue weighted by Gasteiger charge is -2.28. The number of H-pyrrole nitrogens is 1. The average Bonchev–Trinajstić information content (AvgIpc) is 2.92. The molecule has 0 unspecified atom stereocenters. The molecular formula is C20H25N5O. The van der Waals surface area contributed by atoms with Crippen LogP contribution in [0.3, 0.4) is 0 Å². The summed E-state index contributed by atoms with van der Waals surface area (Å²) in [6, 6.07) is 2.35. The highest BCUT2D eigenvalue weighted by Crippen LogP contribution is 2.28. The highest BCUT2D eigenvalue weighted by Gasteiger charge is 2.21. The van der Waals surface area contributed by atoms with Crippen LogP contribution in [0.15, 0.2) is 35.7 Å². The summed E-state index contributed by atoms with van der Waals surface area (Å²) in [7, 11) is 0. The Labute approximate surface area is 152 Å². The summed E-state index contributed by atoms with van der Waals surface area (Å²) >= 11 is 0. The van der Waals surface area contributed by atoms with Gasteiger partial charge in [0.25, 0.3) is 0 Å². The van der Waals surface area contributed by atoms with Gasteiger partial charge in [0.1, 0.15) is 5.49 Å². The maximum atomic E-state index is 9.09. The molecule has 1 aliphatic heterocycles. The van der Waals surface area contributed by atoms with E-state index in [4.69, 9.17) is 10.1 Å². The molecular weight excluding hydrogens is 326 g/mol. The summed E-state index contributed by atoms with van der Waals surface area (Å²) in [5, 5.41) is 13.7. The van der Waals surface area contributed by atoms with E-state index in [1.807, 2.05) is 30.7 Å². The quantitative estimate of drug-likeness (QED) is 0.770. The largest absolute Gasteiger partial charge is 0.396 e. The summed E-state index contributed by atoms with van der Waals surface area (Å²) in [6.45, 7) is 0.299. The standard InChI is InChI=1S/C20H25N5O/c26-12-9-14-4-6-15(7-5-14)24-20-22-11-8-18(25-20)17-13-23-19-16(17)3-1-2-10-21-19/h2-3,8,10-11,13-15,26H,1,4-7,9,12H2,(H,21,23)(H,22,24,25). The van der Waals surface area contributed by atoms with Gasteiger partial charge in [-0.25, -0.2) is 15.0 Å². The van der Waals surface area contributed by atoms with Crippen molar-refractivity contribution in [2.75, 3.05) is 11.9 Å². The predicted octanol–water partition coefficient (Wildman–Crippen LogP) is 2.14. The Hall–Kier alpha value is -2.47. The van der Waals surface area contributed by atoms with Crippen molar-refractivity contribution in [1.29, 1.82) is 0 Å². The first-order valence-electron chi connectivity index (χ1n) is 9.44. The topological polar surface area (TPSA) is 86.2 Å². The summed E-state index contributed by atoms with van der Waals surface area (Å²) < 4.78 is 0. The van der Waals surface area contributed by atoms with Crippen LogP contribution >= 0.6 is 0 Å². The maximum absolute atomic E-state index is 9.09. The second-order valence-electron chi connectivity index (χ2n) is 7.06. The van der Waals surface area contributed by atoms with Gasteiger partial charge >= 0.3 is 0 Å². The summed E-state index contributed by atoms with van der Waals surface area (Å²) in [5.41, 5.74) is 2.84. The van der Waals surface area contributed by atoms with Crippen molar-refractivity contribution in [3.63, 3.8) is 0 Å². The molecule has 1 saturated carbocycles. The molecule has 4 rings (SSSR count). The van der Waals surface area contributed by atoms with E-state index in [0.717, 1.165) is 60.5 Å². The molecule has 26 heavy (non-hydrogen) atoms. The molecule has 3 heterocycles. The van der Waals surface area contributed by atoms with E-state index in [0.29, 0.717) is 24.5 Å². The van der Waals surface area contributed by atoms with Crippen LogP contribution in [-0.2, 0) is 0 Å². The summed E-state index contributed by atoms with van der Waals surface area (Å²) in [4.78, 5) is 16.8. The van der Waals surface area contributed by atoms with Crippen molar-refractivity contribution in [2.45, 2.75) is 44.6 Å². The monoisotopic (exact) mass is 351 g/mol. The molecule has 0 atom stereocenters. The zero-order chi connectivity index (χ0) is 17.8. The van der Waals surface area contributed by atoms with Crippen LogP contribution in [0.5, 0.6) is 0 Å². The minimum absolute atomic E-state index is 0.299. The number of aromatic nitrogens is 3. The van der Waals surface area contributed by atoms with Gasteiger partial charge < -0.3 is 15.4 Å². The van der Waals surface area contributed by atoms with E-state index in [9.17, 15) is 0 Å². The SMILES string of the molecule is OCCC1CCC(Nc2nccc(-c3c[nH]c4c3=CCC=CN=4)n2)CC1. The third-order valence-corrected chi connectivity index (χ3v) is 5.31. The third kappa shape index (κ3) is 3.70. The molecule has 3 N–H and O–H groups in total. The van der Waals surface area contributed by atoms with Gasteiger partial charge in [0.2, 0.25) is 5.95 Å². The van der Waals surface area contributed by atoms with Crippen LogP contribution in [0.25, 0.3) is 17.3 Å². The van der Waals surface area contributed by atoms with Crippen LogP contribution in [0.1, 0.15) is 38.5 Å². The first-order chi connectivity index (χ1) is 12.8. The Morgan fingerprint density at radius 3 is 2.96 bits per heavy atom. The number of fused-ring (bicyclic) bond motifs is 1.